The highest BCUT2D eigenvalue weighted by atomic mass is 35.5. The monoisotopic (exact) mass is 299 g/mol. The molecule has 0 aromatic carbocycles. The Kier molecular flexibility index (Phi) is 4.27. The summed E-state index contributed by atoms with van der Waals surface area (Å²) in [4.78, 5) is 25.6. The van der Waals surface area contributed by atoms with Crippen LogP contribution in [0.15, 0.2) is 24.8 Å². The molecule has 2 atom stereocenters. The summed E-state index contributed by atoms with van der Waals surface area (Å²) in [5.74, 6) is -1.91. The van der Waals surface area contributed by atoms with Gasteiger partial charge in [-0.25, -0.2) is 0 Å². The highest BCUT2D eigenvalue weighted by Gasteiger charge is 2.49. The second-order valence-electron chi connectivity index (χ2n) is 4.50. The van der Waals surface area contributed by atoms with E-state index in [0.717, 1.165) is 4.88 Å². The molecule has 1 aromatic heterocycles. The molecule has 2 rings (SSSR count). The van der Waals surface area contributed by atoms with Crippen molar-refractivity contribution in [3.8, 4) is 0 Å². The van der Waals surface area contributed by atoms with E-state index >= 15 is 0 Å². The van der Waals surface area contributed by atoms with E-state index in [1.165, 1.54) is 11.3 Å². The van der Waals surface area contributed by atoms with Gasteiger partial charge in [-0.05, 0) is 18.6 Å². The Labute approximate surface area is 120 Å². The number of carboxylic acid groups (broad SMARTS) is 1. The van der Waals surface area contributed by atoms with Crippen LogP contribution in [0.25, 0.3) is 0 Å². The molecule has 0 radical (unpaired) electrons. The predicted molar refractivity (Wildman–Crippen MR) is 74.2 cm³/mol. The lowest BCUT2D eigenvalue weighted by Gasteiger charge is -2.20. The van der Waals surface area contributed by atoms with Crippen molar-refractivity contribution in [2.75, 3.05) is 6.54 Å². The molecule has 1 aliphatic rings. The van der Waals surface area contributed by atoms with Crippen molar-refractivity contribution in [2.24, 2.45) is 11.8 Å². The Balaban J connectivity index is 2.01. The Bertz CT molecular complexity index is 514. The van der Waals surface area contributed by atoms with E-state index in [9.17, 15) is 9.59 Å². The molecule has 19 heavy (non-hydrogen) atoms. The minimum Gasteiger partial charge on any atom is -0.481 e. The summed E-state index contributed by atoms with van der Waals surface area (Å²) in [5.41, 5.74) is 0. The molecule has 0 aliphatic heterocycles. The molecule has 1 heterocycles. The van der Waals surface area contributed by atoms with Crippen molar-refractivity contribution in [3.05, 3.63) is 34.0 Å². The van der Waals surface area contributed by atoms with E-state index in [1.54, 1.807) is 17.0 Å². The molecule has 1 amide bonds. The lowest BCUT2D eigenvalue weighted by molar-refractivity contribution is -0.142. The van der Waals surface area contributed by atoms with Crippen molar-refractivity contribution in [1.82, 2.24) is 4.90 Å². The molecule has 4 nitrogen and oxygen atoms in total. The van der Waals surface area contributed by atoms with Crippen LogP contribution in [0.2, 0.25) is 4.34 Å². The van der Waals surface area contributed by atoms with Crippen LogP contribution in [0.3, 0.4) is 0 Å². The standard InChI is InChI=1S/C13H14ClNO3S/c1-2-5-15(7-8-3-4-11(14)19-8)12(16)9-6-10(9)13(17)18/h2-4,9-10H,1,5-7H2,(H,17,18)/t9-,10+/m1/s1. The first-order valence-corrected chi connectivity index (χ1v) is 7.09. The van der Waals surface area contributed by atoms with E-state index in [-0.39, 0.29) is 11.8 Å². The zero-order chi connectivity index (χ0) is 14.0. The van der Waals surface area contributed by atoms with Crippen molar-refractivity contribution >= 4 is 34.8 Å². The topological polar surface area (TPSA) is 57.6 Å². The number of hydrogen-bond acceptors (Lipinski definition) is 3. The maximum Gasteiger partial charge on any atom is 0.307 e. The molecule has 0 spiro atoms. The first kappa shape index (κ1) is 14.1. The van der Waals surface area contributed by atoms with Crippen LogP contribution in [0, 0.1) is 11.8 Å². The average Bonchev–Trinajstić information content (AvgIpc) is 3.06. The number of carbonyl (C=O) groups is 2. The fourth-order valence-electron chi connectivity index (χ4n) is 1.99. The third kappa shape index (κ3) is 3.36. The summed E-state index contributed by atoms with van der Waals surface area (Å²) in [6, 6.07) is 3.66. The van der Waals surface area contributed by atoms with Crippen molar-refractivity contribution in [1.29, 1.82) is 0 Å². The zero-order valence-electron chi connectivity index (χ0n) is 10.2. The maximum atomic E-state index is 12.2. The van der Waals surface area contributed by atoms with E-state index in [2.05, 4.69) is 6.58 Å². The quantitative estimate of drug-likeness (QED) is 0.822. The fraction of sp³-hybridized carbons (Fsp3) is 0.385. The van der Waals surface area contributed by atoms with Crippen LogP contribution < -0.4 is 0 Å². The molecule has 1 aromatic rings. The number of halogens is 1. The highest BCUT2D eigenvalue weighted by Crippen LogP contribution is 2.40. The maximum absolute atomic E-state index is 12.2. The molecule has 0 saturated heterocycles. The molecule has 6 heteroatoms. The van der Waals surface area contributed by atoms with E-state index < -0.39 is 11.9 Å². The van der Waals surface area contributed by atoms with Gasteiger partial charge in [0.1, 0.15) is 0 Å². The van der Waals surface area contributed by atoms with Crippen LogP contribution in [0.5, 0.6) is 0 Å². The Hall–Kier alpha value is -1.33. The van der Waals surface area contributed by atoms with Gasteiger partial charge in [-0.2, -0.15) is 0 Å². The van der Waals surface area contributed by atoms with Crippen LogP contribution >= 0.6 is 22.9 Å². The van der Waals surface area contributed by atoms with Crippen LogP contribution in [-0.2, 0) is 16.1 Å². The lowest BCUT2D eigenvalue weighted by Crippen LogP contribution is -2.32. The second-order valence-corrected chi connectivity index (χ2v) is 6.30. The smallest absolute Gasteiger partial charge is 0.307 e. The van der Waals surface area contributed by atoms with Crippen molar-refractivity contribution in [2.45, 2.75) is 13.0 Å². The molecule has 1 fully saturated rings. The van der Waals surface area contributed by atoms with Gasteiger partial charge in [0.25, 0.3) is 0 Å². The molecule has 1 N–H and O–H groups in total. The summed E-state index contributed by atoms with van der Waals surface area (Å²) >= 11 is 7.28. The highest BCUT2D eigenvalue weighted by molar-refractivity contribution is 7.16. The van der Waals surface area contributed by atoms with Gasteiger partial charge in [0.15, 0.2) is 0 Å². The Morgan fingerprint density at radius 2 is 2.26 bits per heavy atom. The van der Waals surface area contributed by atoms with E-state index in [4.69, 9.17) is 16.7 Å². The third-order valence-corrected chi connectivity index (χ3v) is 4.28. The number of amides is 1. The van der Waals surface area contributed by atoms with Crippen LogP contribution in [0.1, 0.15) is 11.3 Å². The average molecular weight is 300 g/mol. The number of hydrogen-bond donors (Lipinski definition) is 1. The van der Waals surface area contributed by atoms with Crippen molar-refractivity contribution in [3.63, 3.8) is 0 Å². The summed E-state index contributed by atoms with van der Waals surface area (Å²) in [7, 11) is 0. The lowest BCUT2D eigenvalue weighted by atomic mass is 10.2. The van der Waals surface area contributed by atoms with Gasteiger partial charge in [0.2, 0.25) is 5.91 Å². The summed E-state index contributed by atoms with van der Waals surface area (Å²) in [6.45, 7) is 4.49. The SMILES string of the molecule is C=CCN(Cc1ccc(Cl)s1)C(=O)[C@@H]1C[C@@H]1C(=O)O. The van der Waals surface area contributed by atoms with Gasteiger partial charge in [-0.3, -0.25) is 9.59 Å². The van der Waals surface area contributed by atoms with Gasteiger partial charge >= 0.3 is 5.97 Å². The van der Waals surface area contributed by atoms with Gasteiger partial charge in [0, 0.05) is 11.4 Å². The molecule has 1 saturated carbocycles. The zero-order valence-corrected chi connectivity index (χ0v) is 11.8. The predicted octanol–water partition coefficient (Wildman–Crippen LogP) is 2.64. The number of aliphatic carboxylic acids is 1. The first-order valence-electron chi connectivity index (χ1n) is 5.89. The summed E-state index contributed by atoms with van der Waals surface area (Å²) in [5, 5.41) is 8.87. The molecule has 102 valence electrons. The van der Waals surface area contributed by atoms with E-state index in [1.807, 2.05) is 6.07 Å². The van der Waals surface area contributed by atoms with Gasteiger partial charge in [-0.1, -0.05) is 17.7 Å². The number of carboxylic acids is 1. The fourth-order valence-corrected chi connectivity index (χ4v) is 3.09. The first-order chi connectivity index (χ1) is 9.02. The van der Waals surface area contributed by atoms with Gasteiger partial charge in [-0.15, -0.1) is 17.9 Å². The van der Waals surface area contributed by atoms with Gasteiger partial charge in [0.05, 0.1) is 22.7 Å². The molecular weight excluding hydrogens is 286 g/mol. The van der Waals surface area contributed by atoms with Crippen LogP contribution in [-0.4, -0.2) is 28.4 Å². The number of carbonyl (C=O) groups excluding carboxylic acids is 1. The summed E-state index contributed by atoms with van der Waals surface area (Å²) < 4.78 is 0.677. The molecular formula is C13H14ClNO3S. The van der Waals surface area contributed by atoms with Gasteiger partial charge < -0.3 is 10.0 Å². The number of rotatable bonds is 6. The molecule has 1 aliphatic carbocycles. The molecule has 0 unspecified atom stereocenters. The molecule has 0 bridgehead atoms. The van der Waals surface area contributed by atoms with E-state index in [0.29, 0.717) is 23.8 Å². The second kappa shape index (κ2) is 5.75. The van der Waals surface area contributed by atoms with Crippen molar-refractivity contribution < 1.29 is 14.7 Å². The normalized spacial score (nSPS) is 20.9. The number of nitrogens with zero attached hydrogens (tertiary/aromatic N) is 1. The minimum absolute atomic E-state index is 0.114. The Morgan fingerprint density at radius 1 is 1.53 bits per heavy atom. The summed E-state index contributed by atoms with van der Waals surface area (Å²) in [6.07, 6.45) is 2.08. The number of thiophene rings is 1. The minimum atomic E-state index is -0.893. The third-order valence-electron chi connectivity index (χ3n) is 3.06. The largest absolute Gasteiger partial charge is 0.481 e. The van der Waals surface area contributed by atoms with Crippen LogP contribution in [0.4, 0.5) is 0 Å². The Morgan fingerprint density at radius 3 is 2.74 bits per heavy atom.